The lowest BCUT2D eigenvalue weighted by atomic mass is 9.98. The molecule has 0 unspecified atom stereocenters. The summed E-state index contributed by atoms with van der Waals surface area (Å²) in [4.78, 5) is 4.45. The lowest BCUT2D eigenvalue weighted by Gasteiger charge is -2.09. The number of nitrogens with two attached hydrogens (primary N) is 1. The van der Waals surface area contributed by atoms with Crippen LogP contribution in [0.15, 0.2) is 48.5 Å². The zero-order valence-corrected chi connectivity index (χ0v) is 10.6. The summed E-state index contributed by atoms with van der Waals surface area (Å²) in [7, 11) is 0. The van der Waals surface area contributed by atoms with Gasteiger partial charge in [0.05, 0.1) is 5.69 Å². The fourth-order valence-corrected chi connectivity index (χ4v) is 3.07. The van der Waals surface area contributed by atoms with Gasteiger partial charge in [0.1, 0.15) is 5.82 Å². The van der Waals surface area contributed by atoms with E-state index in [9.17, 15) is 0 Å². The lowest BCUT2D eigenvalue weighted by Crippen LogP contribution is -1.92. The van der Waals surface area contributed by atoms with Crippen molar-refractivity contribution in [2.45, 2.75) is 12.8 Å². The highest BCUT2D eigenvalue weighted by Crippen LogP contribution is 2.36. The zero-order valence-electron chi connectivity index (χ0n) is 10.6. The second kappa shape index (κ2) is 3.82. The Morgan fingerprint density at radius 3 is 2.47 bits per heavy atom. The maximum atomic E-state index is 5.80. The smallest absolute Gasteiger partial charge is 0.124 e. The predicted molar refractivity (Wildman–Crippen MR) is 79.0 cm³/mol. The maximum Gasteiger partial charge on any atom is 0.124 e. The number of benzene rings is 2. The van der Waals surface area contributed by atoms with Crippen molar-refractivity contribution in [3.63, 3.8) is 0 Å². The fourth-order valence-electron chi connectivity index (χ4n) is 3.07. The molecule has 2 heteroatoms. The molecule has 0 amide bonds. The molecule has 0 spiro atoms. The third kappa shape index (κ3) is 1.53. The summed E-state index contributed by atoms with van der Waals surface area (Å²) in [6.07, 6.45) is 2.31. The number of nitrogen functional groups attached to an aromatic ring is 1. The molecule has 1 aliphatic carbocycles. The first-order valence-electron chi connectivity index (χ1n) is 6.59. The second-order valence-electron chi connectivity index (χ2n) is 5.06. The summed E-state index contributed by atoms with van der Waals surface area (Å²) in [6.45, 7) is 0. The van der Waals surface area contributed by atoms with Gasteiger partial charge in [0.2, 0.25) is 0 Å². The number of nitrogens with zero attached hydrogens (tertiary/aromatic N) is 1. The average Bonchev–Trinajstić information content (AvgIpc) is 2.85. The minimum Gasteiger partial charge on any atom is -0.384 e. The van der Waals surface area contributed by atoms with Crippen molar-refractivity contribution in [3.8, 4) is 11.3 Å². The van der Waals surface area contributed by atoms with E-state index in [1.54, 1.807) is 0 Å². The first-order valence-corrected chi connectivity index (χ1v) is 6.59. The van der Waals surface area contributed by atoms with Gasteiger partial charge in [-0.1, -0.05) is 36.4 Å². The minimum atomic E-state index is 0.570. The molecule has 2 nitrogen and oxygen atoms in total. The Hall–Kier alpha value is -2.35. The number of hydrogen-bond acceptors (Lipinski definition) is 2. The Labute approximate surface area is 111 Å². The van der Waals surface area contributed by atoms with Gasteiger partial charge in [0.15, 0.2) is 0 Å². The van der Waals surface area contributed by atoms with Crippen LogP contribution >= 0.6 is 0 Å². The molecule has 92 valence electrons. The normalized spacial score (nSPS) is 13.1. The van der Waals surface area contributed by atoms with E-state index in [1.165, 1.54) is 27.5 Å². The monoisotopic (exact) mass is 246 g/mol. The molecule has 2 N–H and O–H groups in total. The van der Waals surface area contributed by atoms with Crippen molar-refractivity contribution >= 4 is 16.6 Å². The van der Waals surface area contributed by atoms with Gasteiger partial charge in [-0.15, -0.1) is 0 Å². The van der Waals surface area contributed by atoms with Gasteiger partial charge in [-0.25, -0.2) is 4.98 Å². The quantitative estimate of drug-likeness (QED) is 0.712. The highest BCUT2D eigenvalue weighted by atomic mass is 14.8. The minimum absolute atomic E-state index is 0.570. The third-order valence-corrected chi connectivity index (χ3v) is 3.92. The summed E-state index contributed by atoms with van der Waals surface area (Å²) in [6, 6.07) is 16.8. The van der Waals surface area contributed by atoms with Gasteiger partial charge in [-0.05, 0) is 46.9 Å². The number of anilines is 1. The van der Waals surface area contributed by atoms with E-state index in [0.29, 0.717) is 5.82 Å². The van der Waals surface area contributed by atoms with Crippen LogP contribution in [-0.4, -0.2) is 4.98 Å². The number of hydrogen-bond donors (Lipinski definition) is 1. The number of aromatic nitrogens is 1. The Morgan fingerprint density at radius 2 is 1.63 bits per heavy atom. The number of aryl methyl sites for hydroxylation is 2. The summed E-state index contributed by atoms with van der Waals surface area (Å²) in [5.74, 6) is 0.570. The van der Waals surface area contributed by atoms with Crippen molar-refractivity contribution in [1.29, 1.82) is 0 Å². The third-order valence-electron chi connectivity index (χ3n) is 3.92. The van der Waals surface area contributed by atoms with Gasteiger partial charge < -0.3 is 5.73 Å². The molecule has 0 aliphatic heterocycles. The van der Waals surface area contributed by atoms with Crippen LogP contribution in [0, 0.1) is 0 Å². The zero-order chi connectivity index (χ0) is 12.8. The standard InChI is InChI=1S/C17H14N2/c18-16-6-2-5-15(19-16)13-10-9-12-8-7-11-3-1-4-14(13)17(11)12/h1-6,9-10H,7-8H2,(H2,18,19). The molecule has 0 saturated heterocycles. The predicted octanol–water partition coefficient (Wildman–Crippen LogP) is 3.58. The largest absolute Gasteiger partial charge is 0.384 e. The molecule has 4 rings (SSSR count). The summed E-state index contributed by atoms with van der Waals surface area (Å²) in [5.41, 5.74) is 10.8. The van der Waals surface area contributed by atoms with Gasteiger partial charge in [0, 0.05) is 5.56 Å². The molecule has 0 saturated carbocycles. The molecular formula is C17H14N2. The Balaban J connectivity index is 2.07. The number of rotatable bonds is 1. The van der Waals surface area contributed by atoms with Crippen LogP contribution in [0.1, 0.15) is 11.1 Å². The van der Waals surface area contributed by atoms with E-state index >= 15 is 0 Å². The van der Waals surface area contributed by atoms with Crippen LogP contribution in [0.2, 0.25) is 0 Å². The highest BCUT2D eigenvalue weighted by molar-refractivity contribution is 6.00. The van der Waals surface area contributed by atoms with E-state index in [2.05, 4.69) is 35.3 Å². The van der Waals surface area contributed by atoms with Gasteiger partial charge >= 0.3 is 0 Å². The first kappa shape index (κ1) is 10.6. The molecule has 19 heavy (non-hydrogen) atoms. The molecule has 0 atom stereocenters. The molecule has 0 radical (unpaired) electrons. The maximum absolute atomic E-state index is 5.80. The summed E-state index contributed by atoms with van der Waals surface area (Å²) < 4.78 is 0. The van der Waals surface area contributed by atoms with Gasteiger partial charge in [0.25, 0.3) is 0 Å². The lowest BCUT2D eigenvalue weighted by molar-refractivity contribution is 1.02. The Bertz CT molecular complexity index is 780. The molecule has 3 aromatic rings. The van der Waals surface area contributed by atoms with Gasteiger partial charge in [-0.2, -0.15) is 0 Å². The second-order valence-corrected chi connectivity index (χ2v) is 5.06. The van der Waals surface area contributed by atoms with E-state index in [0.717, 1.165) is 18.5 Å². The topological polar surface area (TPSA) is 38.9 Å². The average molecular weight is 246 g/mol. The molecule has 0 fully saturated rings. The summed E-state index contributed by atoms with van der Waals surface area (Å²) in [5, 5.41) is 2.72. The Kier molecular flexibility index (Phi) is 2.12. The molecular weight excluding hydrogens is 232 g/mol. The van der Waals surface area contributed by atoms with E-state index < -0.39 is 0 Å². The number of pyridine rings is 1. The van der Waals surface area contributed by atoms with Crippen LogP contribution < -0.4 is 5.73 Å². The van der Waals surface area contributed by atoms with Crippen molar-refractivity contribution < 1.29 is 0 Å². The highest BCUT2D eigenvalue weighted by Gasteiger charge is 2.16. The first-order chi connectivity index (χ1) is 9.33. The SMILES string of the molecule is Nc1cccc(-c2ccc3c4c(cccc24)CC3)n1. The van der Waals surface area contributed by atoms with Crippen molar-refractivity contribution in [3.05, 3.63) is 59.7 Å². The summed E-state index contributed by atoms with van der Waals surface area (Å²) >= 11 is 0. The van der Waals surface area contributed by atoms with Crippen LogP contribution in [-0.2, 0) is 12.8 Å². The fraction of sp³-hybridized carbons (Fsp3) is 0.118. The molecule has 2 aromatic carbocycles. The molecule has 0 bridgehead atoms. The molecule has 1 aromatic heterocycles. The van der Waals surface area contributed by atoms with Crippen molar-refractivity contribution in [2.24, 2.45) is 0 Å². The van der Waals surface area contributed by atoms with Crippen LogP contribution in [0.25, 0.3) is 22.0 Å². The van der Waals surface area contributed by atoms with E-state index in [-0.39, 0.29) is 0 Å². The van der Waals surface area contributed by atoms with Crippen LogP contribution in [0.5, 0.6) is 0 Å². The molecule has 1 aliphatic rings. The van der Waals surface area contributed by atoms with Crippen LogP contribution in [0.3, 0.4) is 0 Å². The Morgan fingerprint density at radius 1 is 0.842 bits per heavy atom. The van der Waals surface area contributed by atoms with Crippen LogP contribution in [0.4, 0.5) is 5.82 Å². The molecule has 1 heterocycles. The van der Waals surface area contributed by atoms with Gasteiger partial charge in [-0.3, -0.25) is 0 Å². The van der Waals surface area contributed by atoms with Crippen molar-refractivity contribution in [1.82, 2.24) is 4.98 Å². The van der Waals surface area contributed by atoms with E-state index in [4.69, 9.17) is 5.73 Å². The van der Waals surface area contributed by atoms with Crippen molar-refractivity contribution in [2.75, 3.05) is 5.73 Å². The van der Waals surface area contributed by atoms with E-state index in [1.807, 2.05) is 18.2 Å².